The number of benzene rings is 2. The Morgan fingerprint density at radius 1 is 0.688 bits per heavy atom. The predicted octanol–water partition coefficient (Wildman–Crippen LogP) is 6.12. The summed E-state index contributed by atoms with van der Waals surface area (Å²) in [4.78, 5) is 21.3. The molecule has 4 aromatic rings. The van der Waals surface area contributed by atoms with Gasteiger partial charge in [-0.05, 0) is 24.3 Å². The summed E-state index contributed by atoms with van der Waals surface area (Å²) in [7, 11) is 0. The Hall–Kier alpha value is -3.54. The van der Waals surface area contributed by atoms with Gasteiger partial charge in [-0.15, -0.1) is 0 Å². The van der Waals surface area contributed by atoms with Gasteiger partial charge in [0, 0.05) is 16.5 Å². The van der Waals surface area contributed by atoms with Crippen LogP contribution in [0.15, 0.2) is 73.2 Å². The molecule has 2 aromatic heterocycles. The summed E-state index contributed by atoms with van der Waals surface area (Å²) in [6.07, 6.45) is 3.82. The van der Waals surface area contributed by atoms with Crippen LogP contribution >= 0.6 is 0 Å². The second kappa shape index (κ2) is 8.19. The van der Waals surface area contributed by atoms with Crippen LogP contribution in [0.4, 0.5) is 17.5 Å². The Balaban J connectivity index is 1.90. The SMILES string of the molecule is CC(C)(C)c1nc(N(c2ccccc2)c2cn(-c3ccccc3)cn2)nc(C(C)(C)C)n1. The van der Waals surface area contributed by atoms with Gasteiger partial charge in [-0.25, -0.2) is 9.97 Å². The number of aromatic nitrogens is 5. The summed E-state index contributed by atoms with van der Waals surface area (Å²) in [5.41, 5.74) is 1.55. The fourth-order valence-electron chi connectivity index (χ4n) is 3.23. The van der Waals surface area contributed by atoms with Crippen molar-refractivity contribution in [1.82, 2.24) is 24.5 Å². The number of rotatable bonds is 4. The van der Waals surface area contributed by atoms with E-state index in [1.165, 1.54) is 0 Å². The Morgan fingerprint density at radius 2 is 1.22 bits per heavy atom. The van der Waals surface area contributed by atoms with E-state index in [2.05, 4.69) is 53.7 Å². The monoisotopic (exact) mass is 426 g/mol. The minimum Gasteiger partial charge on any atom is -0.304 e. The first kappa shape index (κ1) is 21.7. The first-order chi connectivity index (χ1) is 15.1. The lowest BCUT2D eigenvalue weighted by Gasteiger charge is -2.26. The average molecular weight is 427 g/mol. The van der Waals surface area contributed by atoms with Gasteiger partial charge in [0.25, 0.3) is 0 Å². The Kier molecular flexibility index (Phi) is 5.55. The van der Waals surface area contributed by atoms with E-state index in [0.29, 0.717) is 5.95 Å². The molecule has 2 aromatic carbocycles. The molecule has 0 radical (unpaired) electrons. The van der Waals surface area contributed by atoms with Crippen LogP contribution in [0, 0.1) is 0 Å². The van der Waals surface area contributed by atoms with Crippen molar-refractivity contribution in [2.45, 2.75) is 52.4 Å². The van der Waals surface area contributed by atoms with Crippen molar-refractivity contribution in [2.75, 3.05) is 4.90 Å². The van der Waals surface area contributed by atoms with Gasteiger partial charge >= 0.3 is 0 Å². The molecule has 0 amide bonds. The molecule has 2 heterocycles. The Bertz CT molecular complexity index is 1150. The molecule has 0 atom stereocenters. The topological polar surface area (TPSA) is 59.7 Å². The average Bonchev–Trinajstić information content (AvgIpc) is 3.24. The van der Waals surface area contributed by atoms with Crippen LogP contribution in [0.5, 0.6) is 0 Å². The van der Waals surface area contributed by atoms with Crippen molar-refractivity contribution in [1.29, 1.82) is 0 Å². The van der Waals surface area contributed by atoms with Crippen LogP contribution < -0.4 is 4.90 Å². The molecule has 0 N–H and O–H groups in total. The van der Waals surface area contributed by atoms with Gasteiger partial charge in [-0.2, -0.15) is 9.97 Å². The summed E-state index contributed by atoms with van der Waals surface area (Å²) in [5, 5.41) is 0. The van der Waals surface area contributed by atoms with Crippen LogP contribution in [0.3, 0.4) is 0 Å². The van der Waals surface area contributed by atoms with Crippen molar-refractivity contribution in [3.05, 3.63) is 84.8 Å². The third-order valence-corrected chi connectivity index (χ3v) is 5.03. The zero-order valence-corrected chi connectivity index (χ0v) is 19.6. The molecule has 6 heteroatoms. The molecule has 4 rings (SSSR count). The van der Waals surface area contributed by atoms with Crippen molar-refractivity contribution >= 4 is 17.5 Å². The number of para-hydroxylation sites is 2. The van der Waals surface area contributed by atoms with Crippen LogP contribution in [0.1, 0.15) is 53.2 Å². The van der Waals surface area contributed by atoms with Crippen molar-refractivity contribution in [3.63, 3.8) is 0 Å². The van der Waals surface area contributed by atoms with Gasteiger partial charge in [0.1, 0.15) is 18.0 Å². The molecule has 0 spiro atoms. The van der Waals surface area contributed by atoms with E-state index in [-0.39, 0.29) is 10.8 Å². The minimum absolute atomic E-state index is 0.219. The van der Waals surface area contributed by atoms with E-state index in [0.717, 1.165) is 28.8 Å². The third-order valence-electron chi connectivity index (χ3n) is 5.03. The maximum Gasteiger partial charge on any atom is 0.239 e. The summed E-state index contributed by atoms with van der Waals surface area (Å²) in [5.74, 6) is 2.83. The zero-order chi connectivity index (χ0) is 22.9. The number of nitrogens with zero attached hydrogens (tertiary/aromatic N) is 6. The zero-order valence-electron chi connectivity index (χ0n) is 19.6. The summed E-state index contributed by atoms with van der Waals surface area (Å²) in [6.45, 7) is 12.7. The first-order valence-electron chi connectivity index (χ1n) is 10.8. The van der Waals surface area contributed by atoms with E-state index >= 15 is 0 Å². The van der Waals surface area contributed by atoms with E-state index in [1.807, 2.05) is 70.5 Å². The largest absolute Gasteiger partial charge is 0.304 e. The van der Waals surface area contributed by atoms with Gasteiger partial charge < -0.3 is 4.57 Å². The molecule has 32 heavy (non-hydrogen) atoms. The Labute approximate surface area is 190 Å². The second-order valence-electron chi connectivity index (χ2n) is 9.93. The molecule has 0 saturated carbocycles. The van der Waals surface area contributed by atoms with E-state index in [9.17, 15) is 0 Å². The lowest BCUT2D eigenvalue weighted by Crippen LogP contribution is -2.26. The Morgan fingerprint density at radius 3 is 1.75 bits per heavy atom. The highest BCUT2D eigenvalue weighted by molar-refractivity contribution is 5.69. The van der Waals surface area contributed by atoms with E-state index < -0.39 is 0 Å². The quantitative estimate of drug-likeness (QED) is 0.393. The minimum atomic E-state index is -0.219. The molecule has 0 bridgehead atoms. The smallest absolute Gasteiger partial charge is 0.239 e. The van der Waals surface area contributed by atoms with Crippen LogP contribution in [-0.4, -0.2) is 24.5 Å². The maximum absolute atomic E-state index is 4.91. The summed E-state index contributed by atoms with van der Waals surface area (Å²) in [6, 6.07) is 20.2. The second-order valence-corrected chi connectivity index (χ2v) is 9.93. The third kappa shape index (κ3) is 4.54. The number of hydrogen-bond acceptors (Lipinski definition) is 5. The van der Waals surface area contributed by atoms with E-state index in [1.54, 1.807) is 0 Å². The number of hydrogen-bond donors (Lipinski definition) is 0. The van der Waals surface area contributed by atoms with Crippen LogP contribution in [-0.2, 0) is 10.8 Å². The molecule has 164 valence electrons. The maximum atomic E-state index is 4.91. The van der Waals surface area contributed by atoms with Gasteiger partial charge in [0.15, 0.2) is 5.82 Å². The van der Waals surface area contributed by atoms with Crippen molar-refractivity contribution in [2.24, 2.45) is 0 Å². The van der Waals surface area contributed by atoms with Crippen LogP contribution in [0.25, 0.3) is 5.69 Å². The fraction of sp³-hybridized carbons (Fsp3) is 0.308. The lowest BCUT2D eigenvalue weighted by atomic mass is 9.93. The highest BCUT2D eigenvalue weighted by atomic mass is 15.3. The molecule has 0 saturated heterocycles. The van der Waals surface area contributed by atoms with Crippen molar-refractivity contribution in [3.8, 4) is 5.69 Å². The first-order valence-corrected chi connectivity index (χ1v) is 10.8. The van der Waals surface area contributed by atoms with E-state index in [4.69, 9.17) is 19.9 Å². The molecular formula is C26H30N6. The normalized spacial score (nSPS) is 12.1. The van der Waals surface area contributed by atoms with Crippen molar-refractivity contribution < 1.29 is 0 Å². The summed E-state index contributed by atoms with van der Waals surface area (Å²) >= 11 is 0. The highest BCUT2D eigenvalue weighted by Crippen LogP contribution is 2.33. The van der Waals surface area contributed by atoms with Gasteiger partial charge in [-0.3, -0.25) is 4.90 Å². The molecule has 0 aliphatic carbocycles. The van der Waals surface area contributed by atoms with Gasteiger partial charge in [0.2, 0.25) is 5.95 Å². The molecule has 0 aliphatic rings. The number of imidazole rings is 1. The highest BCUT2D eigenvalue weighted by Gasteiger charge is 2.28. The fourth-order valence-corrected chi connectivity index (χ4v) is 3.23. The number of anilines is 3. The van der Waals surface area contributed by atoms with Gasteiger partial charge in [-0.1, -0.05) is 77.9 Å². The summed E-state index contributed by atoms with van der Waals surface area (Å²) < 4.78 is 2.00. The van der Waals surface area contributed by atoms with Gasteiger partial charge in [0.05, 0.1) is 11.9 Å². The molecule has 6 nitrogen and oxygen atoms in total. The molecule has 0 unspecified atom stereocenters. The standard InChI is InChI=1S/C26H30N6/c1-25(2,3)22-28-23(26(4,5)6)30-24(29-22)32(20-15-11-8-12-16-20)21-17-31(18-27-21)19-13-9-7-10-14-19/h7-18H,1-6H3. The van der Waals surface area contributed by atoms with Crippen LogP contribution in [0.2, 0.25) is 0 Å². The molecule has 0 aliphatic heterocycles. The lowest BCUT2D eigenvalue weighted by molar-refractivity contribution is 0.496. The molecular weight excluding hydrogens is 396 g/mol. The molecule has 0 fully saturated rings. The predicted molar refractivity (Wildman–Crippen MR) is 129 cm³/mol.